The van der Waals surface area contributed by atoms with Gasteiger partial charge < -0.3 is 10.5 Å². The van der Waals surface area contributed by atoms with Gasteiger partial charge in [0.1, 0.15) is 0 Å². The summed E-state index contributed by atoms with van der Waals surface area (Å²) >= 11 is 3.28. The van der Waals surface area contributed by atoms with Crippen LogP contribution in [0.15, 0.2) is 18.2 Å². The van der Waals surface area contributed by atoms with Crippen molar-refractivity contribution >= 4 is 27.6 Å². The molecule has 0 atom stereocenters. The number of anilines is 1. The first-order valence-corrected chi connectivity index (χ1v) is 5.84. The fraction of sp³-hybridized carbons (Fsp3) is 0.250. The molecule has 1 aromatic rings. The molecule has 84 valence electrons. The maximum Gasteiger partial charge on any atom is 0.339 e. The number of hydrogen-bond acceptors (Lipinski definition) is 3. The zero-order valence-electron chi connectivity index (χ0n) is 8.92. The molecule has 1 rings (SSSR count). The third-order valence-corrected chi connectivity index (χ3v) is 2.29. The molecule has 0 spiro atoms. The van der Waals surface area contributed by atoms with Crippen LogP contribution >= 0.6 is 15.9 Å². The molecular weight excluding hydrogens is 270 g/mol. The molecule has 0 unspecified atom stereocenters. The van der Waals surface area contributed by atoms with E-state index >= 15 is 0 Å². The minimum absolute atomic E-state index is 0.407. The van der Waals surface area contributed by atoms with E-state index in [-0.39, 0.29) is 0 Å². The maximum absolute atomic E-state index is 11.5. The molecule has 0 bridgehead atoms. The maximum atomic E-state index is 11.5. The first-order valence-electron chi connectivity index (χ1n) is 4.71. The Balaban J connectivity index is 3.09. The Labute approximate surface area is 103 Å². The molecule has 3 nitrogen and oxygen atoms in total. The summed E-state index contributed by atoms with van der Waals surface area (Å²) in [5.41, 5.74) is 7.18. The van der Waals surface area contributed by atoms with Gasteiger partial charge in [-0.2, -0.15) is 0 Å². The summed E-state index contributed by atoms with van der Waals surface area (Å²) in [5, 5.41) is 0.808. The number of benzene rings is 1. The Hall–Kier alpha value is -1.47. The van der Waals surface area contributed by atoms with Crippen molar-refractivity contribution in [3.05, 3.63) is 29.3 Å². The number of nitrogens with two attached hydrogens (primary N) is 1. The first kappa shape index (κ1) is 12.6. The highest BCUT2D eigenvalue weighted by molar-refractivity contribution is 9.09. The van der Waals surface area contributed by atoms with Crippen LogP contribution in [0.3, 0.4) is 0 Å². The monoisotopic (exact) mass is 281 g/mol. The van der Waals surface area contributed by atoms with Crippen LogP contribution in [-0.2, 0) is 4.74 Å². The predicted molar refractivity (Wildman–Crippen MR) is 67.5 cm³/mol. The SMILES string of the molecule is COC(=O)c1cc(N)ccc1C#CCCBr. The van der Waals surface area contributed by atoms with Gasteiger partial charge in [0.15, 0.2) is 0 Å². The molecule has 0 amide bonds. The highest BCUT2D eigenvalue weighted by Gasteiger charge is 2.10. The van der Waals surface area contributed by atoms with Gasteiger partial charge in [0.25, 0.3) is 0 Å². The van der Waals surface area contributed by atoms with Crippen molar-refractivity contribution in [3.8, 4) is 11.8 Å². The molecule has 0 saturated heterocycles. The molecule has 2 N–H and O–H groups in total. The highest BCUT2D eigenvalue weighted by Crippen LogP contribution is 2.13. The number of ether oxygens (including phenoxy) is 1. The van der Waals surface area contributed by atoms with Crippen LogP contribution in [0.1, 0.15) is 22.3 Å². The summed E-state index contributed by atoms with van der Waals surface area (Å²) < 4.78 is 4.67. The quantitative estimate of drug-likeness (QED) is 0.391. The van der Waals surface area contributed by atoms with E-state index in [1.807, 2.05) is 0 Å². The van der Waals surface area contributed by atoms with Gasteiger partial charge in [0, 0.05) is 23.0 Å². The summed E-state index contributed by atoms with van der Waals surface area (Å²) in [6.45, 7) is 0. The fourth-order valence-corrected chi connectivity index (χ4v) is 1.35. The summed E-state index contributed by atoms with van der Waals surface area (Å²) in [5.74, 6) is 5.44. The smallest absolute Gasteiger partial charge is 0.339 e. The van der Waals surface area contributed by atoms with Crippen molar-refractivity contribution in [2.75, 3.05) is 18.2 Å². The summed E-state index contributed by atoms with van der Waals surface area (Å²) in [4.78, 5) is 11.5. The molecular formula is C12H12BrNO2. The van der Waals surface area contributed by atoms with E-state index in [9.17, 15) is 4.79 Å². The van der Waals surface area contributed by atoms with Gasteiger partial charge in [-0.1, -0.05) is 27.8 Å². The minimum Gasteiger partial charge on any atom is -0.465 e. The van der Waals surface area contributed by atoms with Gasteiger partial charge in [0.05, 0.1) is 12.7 Å². The molecule has 0 aromatic heterocycles. The number of carbonyl (C=O) groups excluding carboxylic acids is 1. The molecule has 1 aromatic carbocycles. The number of nitrogen functional groups attached to an aromatic ring is 1. The second kappa shape index (κ2) is 6.19. The Morgan fingerprint density at radius 1 is 1.56 bits per heavy atom. The number of rotatable bonds is 2. The van der Waals surface area contributed by atoms with E-state index < -0.39 is 5.97 Å². The average molecular weight is 282 g/mol. The van der Waals surface area contributed by atoms with Gasteiger partial charge >= 0.3 is 5.97 Å². The first-order chi connectivity index (χ1) is 7.69. The van der Waals surface area contributed by atoms with E-state index in [0.29, 0.717) is 16.8 Å². The Morgan fingerprint density at radius 3 is 2.94 bits per heavy atom. The van der Waals surface area contributed by atoms with Crippen LogP contribution in [0, 0.1) is 11.8 Å². The van der Waals surface area contributed by atoms with Crippen LogP contribution in [0.2, 0.25) is 0 Å². The summed E-state index contributed by atoms with van der Waals surface area (Å²) in [7, 11) is 1.33. The van der Waals surface area contributed by atoms with Crippen molar-refractivity contribution in [3.63, 3.8) is 0 Å². The minimum atomic E-state index is -0.421. The van der Waals surface area contributed by atoms with Crippen LogP contribution in [0.25, 0.3) is 0 Å². The van der Waals surface area contributed by atoms with E-state index in [2.05, 4.69) is 32.5 Å². The topological polar surface area (TPSA) is 52.3 Å². The zero-order chi connectivity index (χ0) is 12.0. The number of esters is 1. The summed E-state index contributed by atoms with van der Waals surface area (Å²) in [6.07, 6.45) is 0.727. The lowest BCUT2D eigenvalue weighted by molar-refractivity contribution is 0.0600. The fourth-order valence-electron chi connectivity index (χ4n) is 1.15. The van der Waals surface area contributed by atoms with E-state index in [1.165, 1.54) is 7.11 Å². The van der Waals surface area contributed by atoms with Crippen molar-refractivity contribution < 1.29 is 9.53 Å². The van der Waals surface area contributed by atoms with Crippen molar-refractivity contribution in [1.29, 1.82) is 0 Å². The van der Waals surface area contributed by atoms with Crippen LogP contribution < -0.4 is 5.73 Å². The lowest BCUT2D eigenvalue weighted by atomic mass is 10.1. The molecule has 16 heavy (non-hydrogen) atoms. The Bertz CT molecular complexity index is 446. The number of alkyl halides is 1. The van der Waals surface area contributed by atoms with Crippen LogP contribution in [-0.4, -0.2) is 18.4 Å². The zero-order valence-corrected chi connectivity index (χ0v) is 10.5. The van der Waals surface area contributed by atoms with Crippen LogP contribution in [0.5, 0.6) is 0 Å². The lowest BCUT2D eigenvalue weighted by Gasteiger charge is -2.03. The Kier molecular flexibility index (Phi) is 4.87. The highest BCUT2D eigenvalue weighted by atomic mass is 79.9. The number of methoxy groups -OCH3 is 1. The molecule has 0 fully saturated rings. The van der Waals surface area contributed by atoms with Gasteiger partial charge in [0.2, 0.25) is 0 Å². The molecule has 0 radical (unpaired) electrons. The lowest BCUT2D eigenvalue weighted by Crippen LogP contribution is -2.05. The van der Waals surface area contributed by atoms with Crippen molar-refractivity contribution in [2.45, 2.75) is 6.42 Å². The Morgan fingerprint density at radius 2 is 2.31 bits per heavy atom. The molecule has 0 aliphatic carbocycles. The second-order valence-corrected chi connectivity index (χ2v) is 3.83. The van der Waals surface area contributed by atoms with Crippen LogP contribution in [0.4, 0.5) is 5.69 Å². The third kappa shape index (κ3) is 3.28. The summed E-state index contributed by atoms with van der Waals surface area (Å²) in [6, 6.07) is 5.01. The molecule has 0 aliphatic heterocycles. The van der Waals surface area contributed by atoms with Gasteiger partial charge in [-0.3, -0.25) is 0 Å². The van der Waals surface area contributed by atoms with Gasteiger partial charge in [-0.25, -0.2) is 4.79 Å². The second-order valence-electron chi connectivity index (χ2n) is 3.04. The average Bonchev–Trinajstić information content (AvgIpc) is 2.30. The molecule has 0 heterocycles. The van der Waals surface area contributed by atoms with E-state index in [4.69, 9.17) is 5.73 Å². The van der Waals surface area contributed by atoms with E-state index in [1.54, 1.807) is 18.2 Å². The van der Waals surface area contributed by atoms with Crippen molar-refractivity contribution in [2.24, 2.45) is 0 Å². The standard InChI is InChI=1S/C12H12BrNO2/c1-16-12(15)11-8-10(14)6-5-9(11)4-2-3-7-13/h5-6,8H,3,7,14H2,1H3. The number of hydrogen-bond donors (Lipinski definition) is 1. The molecule has 0 aliphatic rings. The number of carbonyl (C=O) groups is 1. The van der Waals surface area contributed by atoms with Gasteiger partial charge in [-0.15, -0.1) is 0 Å². The third-order valence-electron chi connectivity index (χ3n) is 1.89. The largest absolute Gasteiger partial charge is 0.465 e. The molecule has 4 heteroatoms. The van der Waals surface area contributed by atoms with Gasteiger partial charge in [-0.05, 0) is 18.2 Å². The van der Waals surface area contributed by atoms with E-state index in [0.717, 1.165) is 11.8 Å². The molecule has 0 saturated carbocycles. The normalized spacial score (nSPS) is 9.12. The number of halogens is 1. The predicted octanol–water partition coefficient (Wildman–Crippen LogP) is 2.19. The van der Waals surface area contributed by atoms with Crippen molar-refractivity contribution in [1.82, 2.24) is 0 Å².